The van der Waals surface area contributed by atoms with Crippen LogP contribution in [0.5, 0.6) is 0 Å². The first-order chi connectivity index (χ1) is 13.5. The minimum absolute atomic E-state index is 0.00947. The summed E-state index contributed by atoms with van der Waals surface area (Å²) in [5.74, 6) is 1.63. The molecule has 1 aliphatic rings. The van der Waals surface area contributed by atoms with E-state index in [1.807, 2.05) is 41.5 Å². The first-order valence-corrected chi connectivity index (χ1v) is 11.4. The van der Waals surface area contributed by atoms with E-state index in [2.05, 4.69) is 5.32 Å². The van der Waals surface area contributed by atoms with Crippen LogP contribution >= 0.6 is 0 Å². The molecular weight excluding hydrogens is 354 g/mol. The summed E-state index contributed by atoms with van der Waals surface area (Å²) in [7, 11) is 1.77. The lowest BCUT2D eigenvalue weighted by Gasteiger charge is -2.27. The zero-order valence-corrected chi connectivity index (χ0v) is 19.6. The summed E-state index contributed by atoms with van der Waals surface area (Å²) in [6, 6.07) is 0. The van der Waals surface area contributed by atoms with Crippen LogP contribution in [0.15, 0.2) is 0 Å². The maximum atomic E-state index is 11.7. The molecule has 1 saturated carbocycles. The van der Waals surface area contributed by atoms with Gasteiger partial charge >= 0.3 is 0 Å². The second-order valence-corrected chi connectivity index (χ2v) is 7.24. The summed E-state index contributed by atoms with van der Waals surface area (Å²) in [5.41, 5.74) is 0. The number of methoxy groups -OCH3 is 1. The van der Waals surface area contributed by atoms with Gasteiger partial charge in [-0.3, -0.25) is 9.59 Å². The number of carbonyl (C=O) groups excluding carboxylic acids is 2. The van der Waals surface area contributed by atoms with Crippen molar-refractivity contribution in [2.75, 3.05) is 33.5 Å². The van der Waals surface area contributed by atoms with Gasteiger partial charge in [-0.15, -0.1) is 0 Å². The van der Waals surface area contributed by atoms with E-state index in [1.165, 1.54) is 25.7 Å². The van der Waals surface area contributed by atoms with E-state index in [9.17, 15) is 9.59 Å². The van der Waals surface area contributed by atoms with E-state index in [-0.39, 0.29) is 17.6 Å². The molecule has 1 fully saturated rings. The van der Waals surface area contributed by atoms with Crippen LogP contribution in [0, 0.1) is 17.8 Å². The average Bonchev–Trinajstić information content (AvgIpc) is 2.72. The molecule has 0 heterocycles. The third-order valence-corrected chi connectivity index (χ3v) is 4.75. The highest BCUT2D eigenvalue weighted by atomic mass is 16.5. The Morgan fingerprint density at radius 1 is 0.929 bits per heavy atom. The molecule has 5 heteroatoms. The number of carbonyl (C=O) groups is 2. The Hall–Kier alpha value is -0.940. The molecule has 0 aromatic rings. The van der Waals surface area contributed by atoms with Crippen LogP contribution in [0.3, 0.4) is 0 Å². The monoisotopic (exact) mass is 401 g/mol. The Kier molecular flexibility index (Phi) is 21.7. The minimum atomic E-state index is 0.00947. The van der Waals surface area contributed by atoms with Crippen molar-refractivity contribution in [3.63, 3.8) is 0 Å². The normalized spacial score (nSPS) is 18.4. The number of hydrogen-bond donors (Lipinski definition) is 1. The van der Waals surface area contributed by atoms with Gasteiger partial charge < -0.3 is 14.8 Å². The summed E-state index contributed by atoms with van der Waals surface area (Å²) < 4.78 is 10.9. The summed E-state index contributed by atoms with van der Waals surface area (Å²) in [5, 5.41) is 2.80. The van der Waals surface area contributed by atoms with Gasteiger partial charge in [-0.05, 0) is 43.9 Å². The largest absolute Gasteiger partial charge is 0.384 e. The van der Waals surface area contributed by atoms with Gasteiger partial charge in [0.25, 0.3) is 0 Å². The number of rotatable bonds is 12. The topological polar surface area (TPSA) is 64.6 Å². The van der Waals surface area contributed by atoms with Crippen LogP contribution in [0.2, 0.25) is 0 Å². The number of nitrogens with one attached hydrogen (secondary N) is 1. The fraction of sp³-hybridized carbons (Fsp3) is 0.913. The summed E-state index contributed by atoms with van der Waals surface area (Å²) in [6.07, 6.45) is 6.54. The van der Waals surface area contributed by atoms with Crippen LogP contribution < -0.4 is 5.32 Å². The Morgan fingerprint density at radius 2 is 1.46 bits per heavy atom. The molecule has 28 heavy (non-hydrogen) atoms. The van der Waals surface area contributed by atoms with Crippen molar-refractivity contribution < 1.29 is 19.1 Å². The quantitative estimate of drug-likeness (QED) is 0.466. The molecule has 0 aromatic heterocycles. The second kappa shape index (κ2) is 20.8. The molecule has 0 saturated heterocycles. The predicted octanol–water partition coefficient (Wildman–Crippen LogP) is 5.02. The van der Waals surface area contributed by atoms with Crippen molar-refractivity contribution in [1.29, 1.82) is 0 Å². The van der Waals surface area contributed by atoms with Crippen LogP contribution in [-0.4, -0.2) is 45.2 Å². The zero-order valence-electron chi connectivity index (χ0n) is 19.6. The third kappa shape index (κ3) is 16.1. The van der Waals surface area contributed by atoms with Crippen molar-refractivity contribution in [2.45, 2.75) is 86.5 Å². The highest BCUT2D eigenvalue weighted by molar-refractivity contribution is 5.81. The van der Waals surface area contributed by atoms with Gasteiger partial charge in [-0.1, -0.05) is 41.5 Å². The summed E-state index contributed by atoms with van der Waals surface area (Å²) >= 11 is 0. The van der Waals surface area contributed by atoms with Gasteiger partial charge in [-0.2, -0.15) is 0 Å². The highest BCUT2D eigenvalue weighted by Crippen LogP contribution is 2.29. The molecule has 1 amide bonds. The molecule has 168 valence electrons. The van der Waals surface area contributed by atoms with Crippen molar-refractivity contribution >= 4 is 11.7 Å². The maximum absolute atomic E-state index is 11.7. The third-order valence-electron chi connectivity index (χ3n) is 4.75. The lowest BCUT2D eigenvalue weighted by atomic mass is 9.83. The fourth-order valence-corrected chi connectivity index (χ4v) is 3.09. The molecule has 0 unspecified atom stereocenters. The van der Waals surface area contributed by atoms with Gasteiger partial charge in [0.1, 0.15) is 5.78 Å². The predicted molar refractivity (Wildman–Crippen MR) is 118 cm³/mol. The molecular formula is C23H47NO4. The Labute approximate surface area is 174 Å². The molecule has 0 bridgehead atoms. The molecule has 1 N–H and O–H groups in total. The van der Waals surface area contributed by atoms with Gasteiger partial charge in [0.15, 0.2) is 0 Å². The molecule has 0 spiro atoms. The summed E-state index contributed by atoms with van der Waals surface area (Å²) in [6.45, 7) is 14.5. The van der Waals surface area contributed by atoms with E-state index < -0.39 is 0 Å². The minimum Gasteiger partial charge on any atom is -0.384 e. The van der Waals surface area contributed by atoms with Crippen molar-refractivity contribution in [1.82, 2.24) is 5.32 Å². The number of hydrogen-bond acceptors (Lipinski definition) is 4. The van der Waals surface area contributed by atoms with Gasteiger partial charge in [0, 0.05) is 52.2 Å². The van der Waals surface area contributed by atoms with E-state index in [0.29, 0.717) is 31.9 Å². The fourth-order valence-electron chi connectivity index (χ4n) is 3.09. The molecule has 0 aromatic carbocycles. The van der Waals surface area contributed by atoms with E-state index in [4.69, 9.17) is 9.47 Å². The van der Waals surface area contributed by atoms with Crippen LogP contribution in [0.4, 0.5) is 0 Å². The Balaban J connectivity index is 0. The van der Waals surface area contributed by atoms with Crippen LogP contribution in [0.1, 0.15) is 86.5 Å². The lowest BCUT2D eigenvalue weighted by molar-refractivity contribution is -0.123. The van der Waals surface area contributed by atoms with E-state index in [1.54, 1.807) is 7.11 Å². The van der Waals surface area contributed by atoms with Gasteiger partial charge in [-0.25, -0.2) is 0 Å². The van der Waals surface area contributed by atoms with E-state index in [0.717, 1.165) is 25.6 Å². The highest BCUT2D eigenvalue weighted by Gasteiger charge is 2.21. The van der Waals surface area contributed by atoms with E-state index >= 15 is 0 Å². The SMILES string of the molecule is CC.CC.COCC1CCC(COCCCC(=O)NCCC(=O)C(C)C)CC1. The van der Waals surface area contributed by atoms with Gasteiger partial charge in [0.05, 0.1) is 0 Å². The lowest BCUT2D eigenvalue weighted by Crippen LogP contribution is -2.27. The molecule has 5 nitrogen and oxygen atoms in total. The van der Waals surface area contributed by atoms with Crippen molar-refractivity contribution in [3.05, 3.63) is 0 Å². The Bertz CT molecular complexity index is 364. The molecule has 0 atom stereocenters. The number of Topliss-reactive ketones (excluding diaryl/α,β-unsaturated/α-hetero) is 1. The standard InChI is InChI=1S/C19H35NO4.2C2H6/c1-15(2)18(21)10-11-20-19(22)5-4-12-24-14-17-8-6-16(7-9-17)13-23-3;2*1-2/h15-17H,4-14H2,1-3H3,(H,20,22);2*1-2H3. The maximum Gasteiger partial charge on any atom is 0.220 e. The van der Waals surface area contributed by atoms with Crippen molar-refractivity contribution in [3.8, 4) is 0 Å². The van der Waals surface area contributed by atoms with Crippen LogP contribution in [-0.2, 0) is 19.1 Å². The number of ketones is 1. The van der Waals surface area contributed by atoms with Crippen molar-refractivity contribution in [2.24, 2.45) is 17.8 Å². The Morgan fingerprint density at radius 3 is 1.96 bits per heavy atom. The first kappa shape index (κ1) is 29.3. The summed E-state index contributed by atoms with van der Waals surface area (Å²) in [4.78, 5) is 23.1. The first-order valence-electron chi connectivity index (χ1n) is 11.4. The molecule has 0 radical (unpaired) electrons. The second-order valence-electron chi connectivity index (χ2n) is 7.24. The van der Waals surface area contributed by atoms with Crippen LogP contribution in [0.25, 0.3) is 0 Å². The smallest absolute Gasteiger partial charge is 0.220 e. The van der Waals surface area contributed by atoms with Gasteiger partial charge in [0.2, 0.25) is 5.91 Å². The number of ether oxygens (including phenoxy) is 2. The molecule has 0 aliphatic heterocycles. The number of amides is 1. The molecule has 1 rings (SSSR count). The average molecular weight is 402 g/mol. The molecule has 1 aliphatic carbocycles. The zero-order chi connectivity index (χ0) is 21.8.